The molecule has 1 aromatic carbocycles. The minimum atomic E-state index is -1.39. The van der Waals surface area contributed by atoms with Crippen LogP contribution in [0.15, 0.2) is 36.5 Å². The summed E-state index contributed by atoms with van der Waals surface area (Å²) in [7, 11) is 0. The third-order valence-corrected chi connectivity index (χ3v) is 2.94. The van der Waals surface area contributed by atoms with Gasteiger partial charge in [0.1, 0.15) is 5.82 Å². The molecule has 0 fully saturated rings. The summed E-state index contributed by atoms with van der Waals surface area (Å²) in [6.45, 7) is 1.60. The lowest BCUT2D eigenvalue weighted by Crippen LogP contribution is -2.37. The molecule has 2 rings (SSSR count). The van der Waals surface area contributed by atoms with Crippen LogP contribution in [0.5, 0.6) is 0 Å². The first-order valence-electron chi connectivity index (χ1n) is 6.56. The summed E-state index contributed by atoms with van der Waals surface area (Å²) in [4.78, 5) is 27.5. The lowest BCUT2D eigenvalue weighted by atomic mass is 10.2. The Balaban J connectivity index is 2.03. The topological polar surface area (TPSA) is 71.1 Å². The molecule has 0 saturated carbocycles. The van der Waals surface area contributed by atoms with Gasteiger partial charge in [0.2, 0.25) is 0 Å². The van der Waals surface area contributed by atoms with Gasteiger partial charge in [-0.3, -0.25) is 14.6 Å². The van der Waals surface area contributed by atoms with Gasteiger partial charge in [0.15, 0.2) is 11.6 Å². The Hall–Kier alpha value is -2.90. The van der Waals surface area contributed by atoms with Crippen LogP contribution in [-0.4, -0.2) is 16.8 Å². The van der Waals surface area contributed by atoms with E-state index in [-0.39, 0.29) is 6.07 Å². The van der Waals surface area contributed by atoms with Gasteiger partial charge < -0.3 is 10.6 Å². The van der Waals surface area contributed by atoms with Crippen LogP contribution in [0.1, 0.15) is 18.7 Å². The average molecular weight is 323 g/mol. The van der Waals surface area contributed by atoms with Gasteiger partial charge >= 0.3 is 11.8 Å². The Morgan fingerprint density at radius 1 is 1.04 bits per heavy atom. The van der Waals surface area contributed by atoms with Crippen molar-refractivity contribution in [3.8, 4) is 0 Å². The number of pyridine rings is 1. The molecule has 1 aromatic heterocycles. The third-order valence-electron chi connectivity index (χ3n) is 2.94. The van der Waals surface area contributed by atoms with Crippen LogP contribution in [0, 0.1) is 17.5 Å². The molecule has 0 saturated heterocycles. The van der Waals surface area contributed by atoms with E-state index in [0.717, 1.165) is 0 Å². The predicted molar refractivity (Wildman–Crippen MR) is 75.7 cm³/mol. The summed E-state index contributed by atoms with van der Waals surface area (Å²) in [5, 5.41) is 4.24. The van der Waals surface area contributed by atoms with Crippen molar-refractivity contribution in [2.45, 2.75) is 13.0 Å². The molecule has 2 amide bonds. The number of carbonyl (C=O) groups excluding carboxylic acids is 2. The fraction of sp³-hybridized carbons (Fsp3) is 0.133. The van der Waals surface area contributed by atoms with Crippen LogP contribution in [0.2, 0.25) is 0 Å². The monoisotopic (exact) mass is 323 g/mol. The molecule has 0 aliphatic rings. The van der Waals surface area contributed by atoms with Gasteiger partial charge in [0.25, 0.3) is 0 Å². The number of rotatable bonds is 3. The van der Waals surface area contributed by atoms with Crippen molar-refractivity contribution in [2.24, 2.45) is 0 Å². The summed E-state index contributed by atoms with van der Waals surface area (Å²) in [6, 6.07) is 5.22. The van der Waals surface area contributed by atoms with Crippen molar-refractivity contribution in [3.05, 3.63) is 59.7 Å². The van der Waals surface area contributed by atoms with Gasteiger partial charge in [-0.25, -0.2) is 13.2 Å². The first-order valence-corrected chi connectivity index (χ1v) is 6.56. The summed E-state index contributed by atoms with van der Waals surface area (Å²) < 4.78 is 39.3. The maximum absolute atomic E-state index is 13.4. The molecule has 0 bridgehead atoms. The highest BCUT2D eigenvalue weighted by molar-refractivity contribution is 6.39. The van der Waals surface area contributed by atoms with Crippen LogP contribution >= 0.6 is 0 Å². The minimum absolute atomic E-state index is 0.277. The number of hydrogen-bond acceptors (Lipinski definition) is 3. The van der Waals surface area contributed by atoms with Gasteiger partial charge in [0, 0.05) is 18.3 Å². The minimum Gasteiger partial charge on any atom is -0.340 e. The molecule has 5 nitrogen and oxygen atoms in total. The van der Waals surface area contributed by atoms with E-state index in [9.17, 15) is 22.8 Å². The standard InChI is InChI=1S/C15H12F3N3O2/c1-8(12-4-2-3-5-19-12)20-14(22)15(23)21-13-7-10(17)9(16)6-11(13)18/h2-8H,1H3,(H,20,22)(H,21,23). The maximum atomic E-state index is 13.4. The number of aromatic nitrogens is 1. The van der Waals surface area contributed by atoms with E-state index < -0.39 is 41.0 Å². The van der Waals surface area contributed by atoms with Gasteiger partial charge in [-0.2, -0.15) is 0 Å². The second kappa shape index (κ2) is 6.91. The Morgan fingerprint density at radius 2 is 1.74 bits per heavy atom. The summed E-state index contributed by atoms with van der Waals surface area (Å²) in [6.07, 6.45) is 1.52. The molecule has 1 atom stereocenters. The van der Waals surface area contributed by atoms with Gasteiger partial charge in [-0.1, -0.05) is 6.07 Å². The lowest BCUT2D eigenvalue weighted by molar-refractivity contribution is -0.136. The molecule has 2 aromatic rings. The number of anilines is 1. The van der Waals surface area contributed by atoms with E-state index in [0.29, 0.717) is 11.8 Å². The van der Waals surface area contributed by atoms with Crippen molar-refractivity contribution in [2.75, 3.05) is 5.32 Å². The molecule has 0 spiro atoms. The number of hydrogen-bond donors (Lipinski definition) is 2. The zero-order valence-corrected chi connectivity index (χ0v) is 11.9. The molecule has 23 heavy (non-hydrogen) atoms. The molecule has 0 aliphatic carbocycles. The van der Waals surface area contributed by atoms with E-state index >= 15 is 0 Å². The fourth-order valence-electron chi connectivity index (χ4n) is 1.77. The Labute approximate surface area is 129 Å². The smallest absolute Gasteiger partial charge is 0.313 e. The molecule has 0 radical (unpaired) electrons. The molecule has 1 unspecified atom stereocenters. The number of benzene rings is 1. The van der Waals surface area contributed by atoms with Crippen LogP contribution in [0.25, 0.3) is 0 Å². The van der Waals surface area contributed by atoms with Crippen LogP contribution < -0.4 is 10.6 Å². The summed E-state index contributed by atoms with van der Waals surface area (Å²) in [5.41, 5.74) is -0.109. The van der Waals surface area contributed by atoms with Crippen LogP contribution in [0.3, 0.4) is 0 Å². The number of nitrogens with zero attached hydrogens (tertiary/aromatic N) is 1. The molecule has 1 heterocycles. The highest BCUT2D eigenvalue weighted by atomic mass is 19.2. The predicted octanol–water partition coefficient (Wildman–Crippen LogP) is 2.31. The van der Waals surface area contributed by atoms with E-state index in [1.54, 1.807) is 25.1 Å². The maximum Gasteiger partial charge on any atom is 0.313 e. The van der Waals surface area contributed by atoms with Gasteiger partial charge in [-0.15, -0.1) is 0 Å². The normalized spacial score (nSPS) is 11.7. The Kier molecular flexibility index (Phi) is 4.95. The average Bonchev–Trinajstić information content (AvgIpc) is 2.53. The molecule has 0 aliphatic heterocycles. The van der Waals surface area contributed by atoms with Crippen LogP contribution in [0.4, 0.5) is 18.9 Å². The highest BCUT2D eigenvalue weighted by Gasteiger charge is 2.20. The fourth-order valence-corrected chi connectivity index (χ4v) is 1.77. The quantitative estimate of drug-likeness (QED) is 0.673. The first-order chi connectivity index (χ1) is 10.9. The van der Waals surface area contributed by atoms with Crippen molar-refractivity contribution >= 4 is 17.5 Å². The zero-order chi connectivity index (χ0) is 17.0. The lowest BCUT2D eigenvalue weighted by Gasteiger charge is -2.13. The molecule has 2 N–H and O–H groups in total. The van der Waals surface area contributed by atoms with E-state index in [1.807, 2.05) is 5.32 Å². The molecule has 8 heteroatoms. The van der Waals surface area contributed by atoms with Gasteiger partial charge in [0.05, 0.1) is 17.4 Å². The summed E-state index contributed by atoms with van der Waals surface area (Å²) in [5.74, 6) is -6.20. The van der Waals surface area contributed by atoms with Gasteiger partial charge in [-0.05, 0) is 19.1 Å². The van der Waals surface area contributed by atoms with E-state index in [1.165, 1.54) is 6.20 Å². The number of amides is 2. The molecule has 120 valence electrons. The Morgan fingerprint density at radius 3 is 2.39 bits per heavy atom. The van der Waals surface area contributed by atoms with E-state index in [2.05, 4.69) is 10.3 Å². The van der Waals surface area contributed by atoms with E-state index in [4.69, 9.17) is 0 Å². The van der Waals surface area contributed by atoms with Crippen molar-refractivity contribution < 1.29 is 22.8 Å². The second-order valence-electron chi connectivity index (χ2n) is 4.65. The largest absolute Gasteiger partial charge is 0.340 e. The third kappa shape index (κ3) is 4.06. The van der Waals surface area contributed by atoms with Crippen molar-refractivity contribution in [3.63, 3.8) is 0 Å². The Bertz CT molecular complexity index is 738. The summed E-state index contributed by atoms with van der Waals surface area (Å²) >= 11 is 0. The SMILES string of the molecule is CC(NC(=O)C(=O)Nc1cc(F)c(F)cc1F)c1ccccn1. The highest BCUT2D eigenvalue weighted by Crippen LogP contribution is 2.18. The van der Waals surface area contributed by atoms with Crippen molar-refractivity contribution in [1.29, 1.82) is 0 Å². The second-order valence-corrected chi connectivity index (χ2v) is 4.65. The molecular formula is C15H12F3N3O2. The zero-order valence-electron chi connectivity index (χ0n) is 11.9. The van der Waals surface area contributed by atoms with Crippen LogP contribution in [-0.2, 0) is 9.59 Å². The number of nitrogens with one attached hydrogen (secondary N) is 2. The first kappa shape index (κ1) is 16.5. The number of carbonyl (C=O) groups is 2. The molecular weight excluding hydrogens is 311 g/mol. The van der Waals surface area contributed by atoms with Crippen molar-refractivity contribution in [1.82, 2.24) is 10.3 Å². The number of halogens is 3.